The fourth-order valence-electron chi connectivity index (χ4n) is 3.39. The molecular weight excluding hydrogens is 368 g/mol. The number of nitrogens with zero attached hydrogens (tertiary/aromatic N) is 5. The molecule has 1 N–H and O–H groups in total. The van der Waals surface area contributed by atoms with Gasteiger partial charge in [0.25, 0.3) is 0 Å². The van der Waals surface area contributed by atoms with Gasteiger partial charge >= 0.3 is 0 Å². The fourth-order valence-corrected chi connectivity index (χ4v) is 3.39. The number of aromatic nitrogens is 2. The Balaban J connectivity index is 1.88. The first-order chi connectivity index (χ1) is 13.8. The van der Waals surface area contributed by atoms with Gasteiger partial charge in [-0.3, -0.25) is 4.90 Å². The van der Waals surface area contributed by atoms with E-state index in [-0.39, 0.29) is 5.54 Å². The first-order valence-electron chi connectivity index (χ1n) is 9.62. The van der Waals surface area contributed by atoms with Gasteiger partial charge in [0.1, 0.15) is 0 Å². The highest BCUT2D eigenvalue weighted by atomic mass is 16.5. The molecule has 1 saturated heterocycles. The van der Waals surface area contributed by atoms with Crippen molar-refractivity contribution in [1.29, 1.82) is 5.26 Å². The Bertz CT molecular complexity index is 873. The SMILES string of the molecule is COc1cc(OC)nc(Nc2cc(C#N)ccc2N2CCN(C(C)(C)C)CC2)n1. The molecule has 0 atom stereocenters. The number of rotatable bonds is 5. The van der Waals surface area contributed by atoms with Crippen molar-refractivity contribution in [2.75, 3.05) is 50.6 Å². The van der Waals surface area contributed by atoms with Crippen LogP contribution in [0, 0.1) is 11.3 Å². The molecule has 0 unspecified atom stereocenters. The summed E-state index contributed by atoms with van der Waals surface area (Å²) in [7, 11) is 3.09. The van der Waals surface area contributed by atoms with E-state index in [2.05, 4.69) is 51.9 Å². The van der Waals surface area contributed by atoms with E-state index >= 15 is 0 Å². The van der Waals surface area contributed by atoms with Crippen LogP contribution in [0.2, 0.25) is 0 Å². The van der Waals surface area contributed by atoms with Crippen molar-refractivity contribution in [1.82, 2.24) is 14.9 Å². The van der Waals surface area contributed by atoms with E-state index in [4.69, 9.17) is 9.47 Å². The van der Waals surface area contributed by atoms with Gasteiger partial charge in [-0.2, -0.15) is 15.2 Å². The van der Waals surface area contributed by atoms with Crippen LogP contribution < -0.4 is 19.7 Å². The maximum absolute atomic E-state index is 9.35. The number of hydrogen-bond donors (Lipinski definition) is 1. The topological polar surface area (TPSA) is 86.5 Å². The predicted molar refractivity (Wildman–Crippen MR) is 113 cm³/mol. The molecule has 1 fully saturated rings. The summed E-state index contributed by atoms with van der Waals surface area (Å²) in [4.78, 5) is 13.5. The van der Waals surface area contributed by atoms with E-state index < -0.39 is 0 Å². The molecule has 0 amide bonds. The molecule has 1 aliphatic rings. The van der Waals surface area contributed by atoms with Crippen molar-refractivity contribution in [3.63, 3.8) is 0 Å². The van der Waals surface area contributed by atoms with E-state index in [0.29, 0.717) is 23.3 Å². The highest BCUT2D eigenvalue weighted by Crippen LogP contribution is 2.31. The lowest BCUT2D eigenvalue weighted by Gasteiger charge is -2.43. The molecule has 154 valence electrons. The van der Waals surface area contributed by atoms with Gasteiger partial charge in [-0.1, -0.05) is 0 Å². The molecule has 1 aliphatic heterocycles. The van der Waals surface area contributed by atoms with Crippen LogP contribution in [-0.4, -0.2) is 60.8 Å². The summed E-state index contributed by atoms with van der Waals surface area (Å²) in [6.07, 6.45) is 0. The average Bonchev–Trinajstić information content (AvgIpc) is 2.72. The second kappa shape index (κ2) is 8.53. The van der Waals surface area contributed by atoms with E-state index in [0.717, 1.165) is 37.6 Å². The standard InChI is InChI=1S/C21H28N6O2/c1-21(2,3)27-10-8-26(9-11-27)17-7-6-15(14-22)12-16(17)23-20-24-18(28-4)13-19(25-20)29-5/h6-7,12-13H,8-11H2,1-5H3,(H,23,24,25). The molecule has 2 aromatic rings. The number of nitrogens with one attached hydrogen (secondary N) is 1. The van der Waals surface area contributed by atoms with Crippen LogP contribution in [-0.2, 0) is 0 Å². The Labute approximate surface area is 172 Å². The zero-order valence-corrected chi connectivity index (χ0v) is 17.7. The molecule has 0 bridgehead atoms. The minimum atomic E-state index is 0.156. The van der Waals surface area contributed by atoms with Gasteiger partial charge in [0.15, 0.2) is 0 Å². The number of piperazine rings is 1. The van der Waals surface area contributed by atoms with Crippen LogP contribution in [0.3, 0.4) is 0 Å². The number of methoxy groups -OCH3 is 2. The largest absolute Gasteiger partial charge is 0.481 e. The lowest BCUT2D eigenvalue weighted by Crippen LogP contribution is -2.53. The van der Waals surface area contributed by atoms with Crippen molar-refractivity contribution in [3.8, 4) is 17.8 Å². The normalized spacial score (nSPS) is 15.0. The second-order valence-electron chi connectivity index (χ2n) is 7.89. The molecule has 29 heavy (non-hydrogen) atoms. The minimum Gasteiger partial charge on any atom is -0.481 e. The molecule has 0 spiro atoms. The second-order valence-corrected chi connectivity index (χ2v) is 7.89. The highest BCUT2D eigenvalue weighted by Gasteiger charge is 2.27. The summed E-state index contributed by atoms with van der Waals surface area (Å²) >= 11 is 0. The van der Waals surface area contributed by atoms with Crippen molar-refractivity contribution < 1.29 is 9.47 Å². The van der Waals surface area contributed by atoms with Gasteiger partial charge in [-0.15, -0.1) is 0 Å². The van der Waals surface area contributed by atoms with Crippen LogP contribution in [0.5, 0.6) is 11.8 Å². The highest BCUT2D eigenvalue weighted by molar-refractivity contribution is 5.75. The van der Waals surface area contributed by atoms with E-state index in [1.54, 1.807) is 20.3 Å². The summed E-state index contributed by atoms with van der Waals surface area (Å²) in [5.74, 6) is 1.15. The first-order valence-corrected chi connectivity index (χ1v) is 9.62. The molecule has 0 saturated carbocycles. The first kappa shape index (κ1) is 20.7. The van der Waals surface area contributed by atoms with Crippen LogP contribution in [0.1, 0.15) is 26.3 Å². The van der Waals surface area contributed by atoms with Gasteiger partial charge in [0, 0.05) is 31.7 Å². The summed E-state index contributed by atoms with van der Waals surface area (Å²) in [6.45, 7) is 10.5. The molecule has 3 rings (SSSR count). The van der Waals surface area contributed by atoms with Gasteiger partial charge in [0.05, 0.1) is 43.3 Å². The summed E-state index contributed by atoms with van der Waals surface area (Å²) in [6, 6.07) is 9.45. The minimum absolute atomic E-state index is 0.156. The number of ether oxygens (including phenoxy) is 2. The van der Waals surface area contributed by atoms with Crippen molar-refractivity contribution in [2.24, 2.45) is 0 Å². The fraction of sp³-hybridized carbons (Fsp3) is 0.476. The third-order valence-corrected chi connectivity index (χ3v) is 5.04. The Morgan fingerprint density at radius 3 is 2.14 bits per heavy atom. The zero-order chi connectivity index (χ0) is 21.0. The maximum atomic E-state index is 9.35. The van der Waals surface area contributed by atoms with E-state index in [1.807, 2.05) is 18.2 Å². The quantitative estimate of drug-likeness (QED) is 0.825. The van der Waals surface area contributed by atoms with Crippen LogP contribution in [0.4, 0.5) is 17.3 Å². The maximum Gasteiger partial charge on any atom is 0.233 e. The molecule has 0 radical (unpaired) electrons. The number of benzene rings is 1. The van der Waals surface area contributed by atoms with Gasteiger partial charge in [-0.25, -0.2) is 0 Å². The smallest absolute Gasteiger partial charge is 0.233 e. The van der Waals surface area contributed by atoms with Crippen LogP contribution in [0.15, 0.2) is 24.3 Å². The number of nitriles is 1. The van der Waals surface area contributed by atoms with Crippen molar-refractivity contribution in [3.05, 3.63) is 29.8 Å². The van der Waals surface area contributed by atoms with Gasteiger partial charge in [0.2, 0.25) is 17.7 Å². The third kappa shape index (κ3) is 4.87. The molecule has 1 aromatic carbocycles. The zero-order valence-electron chi connectivity index (χ0n) is 17.7. The van der Waals surface area contributed by atoms with Crippen molar-refractivity contribution >= 4 is 17.3 Å². The molecule has 2 heterocycles. The summed E-state index contributed by atoms with van der Waals surface area (Å²) in [5, 5.41) is 12.6. The summed E-state index contributed by atoms with van der Waals surface area (Å²) in [5.41, 5.74) is 2.52. The number of anilines is 3. The molecule has 8 nitrogen and oxygen atoms in total. The van der Waals surface area contributed by atoms with Gasteiger partial charge < -0.3 is 19.7 Å². The Hall–Kier alpha value is -3.05. The Morgan fingerprint density at radius 1 is 1.00 bits per heavy atom. The Morgan fingerprint density at radius 2 is 1.62 bits per heavy atom. The average molecular weight is 396 g/mol. The van der Waals surface area contributed by atoms with E-state index in [1.165, 1.54) is 0 Å². The molecule has 8 heteroatoms. The molecule has 1 aromatic heterocycles. The number of hydrogen-bond acceptors (Lipinski definition) is 8. The molecular formula is C21H28N6O2. The lowest BCUT2D eigenvalue weighted by molar-refractivity contribution is 0.128. The lowest BCUT2D eigenvalue weighted by atomic mass is 10.0. The van der Waals surface area contributed by atoms with Crippen LogP contribution in [0.25, 0.3) is 0 Å². The van der Waals surface area contributed by atoms with Crippen molar-refractivity contribution in [2.45, 2.75) is 26.3 Å². The Kier molecular flexibility index (Phi) is 6.09. The molecule has 0 aliphatic carbocycles. The van der Waals surface area contributed by atoms with Crippen LogP contribution >= 0.6 is 0 Å². The third-order valence-electron chi connectivity index (χ3n) is 5.04. The van der Waals surface area contributed by atoms with E-state index in [9.17, 15) is 5.26 Å². The predicted octanol–water partition coefficient (Wildman–Crippen LogP) is 3.03. The monoisotopic (exact) mass is 396 g/mol. The summed E-state index contributed by atoms with van der Waals surface area (Å²) < 4.78 is 10.5. The van der Waals surface area contributed by atoms with Gasteiger partial charge in [-0.05, 0) is 39.0 Å².